The monoisotopic (exact) mass is 249 g/mol. The molecule has 0 bridgehead atoms. The molecular formula is C13H15NO2S. The summed E-state index contributed by atoms with van der Waals surface area (Å²) in [5.74, 6) is -0.270. The van der Waals surface area contributed by atoms with Crippen molar-refractivity contribution < 1.29 is 9.53 Å². The smallest absolute Gasteiger partial charge is 0.332 e. The highest BCUT2D eigenvalue weighted by molar-refractivity contribution is 8.15. The Morgan fingerprint density at radius 1 is 1.35 bits per heavy atom. The van der Waals surface area contributed by atoms with Crippen LogP contribution in [0, 0.1) is 0 Å². The number of aliphatic imine (C=N–C) groups is 1. The van der Waals surface area contributed by atoms with Crippen LogP contribution in [0.25, 0.3) is 0 Å². The molecule has 1 atom stereocenters. The molecule has 0 aliphatic carbocycles. The lowest BCUT2D eigenvalue weighted by Gasteiger charge is -2.21. The van der Waals surface area contributed by atoms with Crippen LogP contribution in [-0.2, 0) is 9.53 Å². The van der Waals surface area contributed by atoms with E-state index in [-0.39, 0.29) is 10.7 Å². The molecule has 0 radical (unpaired) electrons. The molecule has 1 aliphatic heterocycles. The highest BCUT2D eigenvalue weighted by Gasteiger charge is 2.43. The number of esters is 1. The molecule has 90 valence electrons. The summed E-state index contributed by atoms with van der Waals surface area (Å²) in [5.41, 5.74) is 1.05. The lowest BCUT2D eigenvalue weighted by molar-refractivity contribution is -0.142. The summed E-state index contributed by atoms with van der Waals surface area (Å²) in [5, 5.41) is 0.908. The van der Waals surface area contributed by atoms with Gasteiger partial charge in [-0.3, -0.25) is 4.99 Å². The van der Waals surface area contributed by atoms with Gasteiger partial charge in [0.1, 0.15) is 0 Å². The van der Waals surface area contributed by atoms with Crippen molar-refractivity contribution in [3.63, 3.8) is 0 Å². The average molecular weight is 249 g/mol. The summed E-state index contributed by atoms with van der Waals surface area (Å²) in [7, 11) is 1.40. The van der Waals surface area contributed by atoms with Gasteiger partial charge < -0.3 is 4.74 Å². The van der Waals surface area contributed by atoms with E-state index in [1.807, 2.05) is 44.2 Å². The molecule has 0 unspecified atom stereocenters. The van der Waals surface area contributed by atoms with Crippen LogP contribution < -0.4 is 0 Å². The van der Waals surface area contributed by atoms with Crippen LogP contribution in [-0.4, -0.2) is 28.9 Å². The highest BCUT2D eigenvalue weighted by atomic mass is 32.2. The number of ether oxygens (including phenoxy) is 1. The van der Waals surface area contributed by atoms with Gasteiger partial charge in [0.05, 0.1) is 12.2 Å². The Labute approximate surface area is 105 Å². The van der Waals surface area contributed by atoms with Gasteiger partial charge in [-0.15, -0.1) is 0 Å². The molecular weight excluding hydrogens is 234 g/mol. The van der Waals surface area contributed by atoms with Crippen LogP contribution in [0.2, 0.25) is 0 Å². The fraction of sp³-hybridized carbons (Fsp3) is 0.385. The first kappa shape index (κ1) is 12.2. The second-order valence-corrected chi connectivity index (χ2v) is 6.07. The summed E-state index contributed by atoms with van der Waals surface area (Å²) in [4.78, 5) is 16.2. The van der Waals surface area contributed by atoms with Crippen LogP contribution in [0.3, 0.4) is 0 Å². The molecule has 0 amide bonds. The molecule has 4 heteroatoms. The molecule has 0 aromatic heterocycles. The molecule has 0 saturated heterocycles. The van der Waals surface area contributed by atoms with E-state index in [4.69, 9.17) is 4.74 Å². The summed E-state index contributed by atoms with van der Waals surface area (Å²) >= 11 is 1.62. The minimum Gasteiger partial charge on any atom is -0.467 e. The Balaban J connectivity index is 2.31. The van der Waals surface area contributed by atoms with E-state index in [0.717, 1.165) is 10.6 Å². The number of benzene rings is 1. The van der Waals surface area contributed by atoms with Crippen molar-refractivity contribution >= 4 is 22.8 Å². The van der Waals surface area contributed by atoms with Gasteiger partial charge in [0, 0.05) is 10.3 Å². The number of thioether (sulfide) groups is 1. The third kappa shape index (κ3) is 2.36. The lowest BCUT2D eigenvalue weighted by Crippen LogP contribution is -2.35. The lowest BCUT2D eigenvalue weighted by atomic mass is 10.0. The van der Waals surface area contributed by atoms with Gasteiger partial charge in [-0.05, 0) is 13.8 Å². The van der Waals surface area contributed by atoms with Gasteiger partial charge in [-0.2, -0.15) is 0 Å². The van der Waals surface area contributed by atoms with Gasteiger partial charge >= 0.3 is 5.97 Å². The van der Waals surface area contributed by atoms with Crippen molar-refractivity contribution in [2.75, 3.05) is 7.11 Å². The number of hydrogen-bond donors (Lipinski definition) is 0. The Bertz CT molecular complexity index is 454. The predicted molar refractivity (Wildman–Crippen MR) is 70.5 cm³/mol. The molecule has 1 aromatic carbocycles. The molecule has 0 N–H and O–H groups in total. The fourth-order valence-corrected chi connectivity index (χ4v) is 2.94. The predicted octanol–water partition coefficient (Wildman–Crippen LogP) is 2.50. The van der Waals surface area contributed by atoms with Crippen LogP contribution in [0.5, 0.6) is 0 Å². The van der Waals surface area contributed by atoms with E-state index in [2.05, 4.69) is 4.99 Å². The summed E-state index contributed by atoms with van der Waals surface area (Å²) in [6.07, 6.45) is 0. The number of carbonyl (C=O) groups is 1. The van der Waals surface area contributed by atoms with E-state index >= 15 is 0 Å². The zero-order chi connectivity index (χ0) is 12.5. The Kier molecular flexibility index (Phi) is 3.24. The molecule has 0 saturated carbocycles. The summed E-state index contributed by atoms with van der Waals surface area (Å²) in [6.45, 7) is 4.03. The van der Waals surface area contributed by atoms with Gasteiger partial charge in [-0.25, -0.2) is 4.79 Å². The molecule has 0 fully saturated rings. The molecule has 1 aromatic rings. The van der Waals surface area contributed by atoms with E-state index in [1.165, 1.54) is 7.11 Å². The van der Waals surface area contributed by atoms with Crippen molar-refractivity contribution in [2.24, 2.45) is 4.99 Å². The van der Waals surface area contributed by atoms with Crippen LogP contribution >= 0.6 is 11.8 Å². The normalized spacial score (nSPS) is 22.1. The van der Waals surface area contributed by atoms with E-state index in [1.54, 1.807) is 11.8 Å². The summed E-state index contributed by atoms with van der Waals surface area (Å²) < 4.78 is 4.54. The topological polar surface area (TPSA) is 38.7 Å². The van der Waals surface area contributed by atoms with Crippen molar-refractivity contribution in [1.29, 1.82) is 0 Å². The van der Waals surface area contributed by atoms with Gasteiger partial charge in [0.25, 0.3) is 0 Å². The van der Waals surface area contributed by atoms with Crippen LogP contribution in [0.4, 0.5) is 0 Å². The first-order valence-electron chi connectivity index (χ1n) is 5.44. The number of methoxy groups -OCH3 is 1. The van der Waals surface area contributed by atoms with Crippen molar-refractivity contribution in [3.05, 3.63) is 35.9 Å². The molecule has 17 heavy (non-hydrogen) atoms. The number of carbonyl (C=O) groups excluding carboxylic acids is 1. The minimum atomic E-state index is -0.423. The molecule has 2 rings (SSSR count). The quantitative estimate of drug-likeness (QED) is 0.756. The van der Waals surface area contributed by atoms with Gasteiger partial charge in [-0.1, -0.05) is 42.1 Å². The molecule has 3 nitrogen and oxygen atoms in total. The van der Waals surface area contributed by atoms with Gasteiger partial charge in [0.15, 0.2) is 6.04 Å². The summed E-state index contributed by atoms with van der Waals surface area (Å²) in [6, 6.07) is 9.48. The first-order valence-corrected chi connectivity index (χ1v) is 6.26. The SMILES string of the molecule is COC(=O)[C@H]1N=C(c2ccccc2)SC1(C)C. The highest BCUT2D eigenvalue weighted by Crippen LogP contribution is 2.40. The van der Waals surface area contributed by atoms with Crippen molar-refractivity contribution in [3.8, 4) is 0 Å². The number of nitrogens with zero attached hydrogens (tertiary/aromatic N) is 1. The minimum absolute atomic E-state index is 0.252. The maximum atomic E-state index is 11.7. The maximum absolute atomic E-state index is 11.7. The maximum Gasteiger partial charge on any atom is 0.332 e. The molecule has 0 spiro atoms. The van der Waals surface area contributed by atoms with E-state index < -0.39 is 6.04 Å². The molecule has 1 heterocycles. The van der Waals surface area contributed by atoms with Gasteiger partial charge in [0.2, 0.25) is 0 Å². The van der Waals surface area contributed by atoms with Crippen molar-refractivity contribution in [2.45, 2.75) is 24.6 Å². The zero-order valence-corrected chi connectivity index (χ0v) is 11.0. The first-order chi connectivity index (χ1) is 8.04. The van der Waals surface area contributed by atoms with Crippen molar-refractivity contribution in [1.82, 2.24) is 0 Å². The standard InChI is InChI=1S/C13H15NO2S/c1-13(2)10(12(15)16-3)14-11(17-13)9-7-5-4-6-8-9/h4-8,10H,1-3H3/t10-/m1/s1. The second-order valence-electron chi connectivity index (χ2n) is 4.43. The van der Waals surface area contributed by atoms with E-state index in [9.17, 15) is 4.79 Å². The third-order valence-electron chi connectivity index (χ3n) is 2.71. The van der Waals surface area contributed by atoms with Crippen LogP contribution in [0.15, 0.2) is 35.3 Å². The number of rotatable bonds is 2. The van der Waals surface area contributed by atoms with Crippen LogP contribution in [0.1, 0.15) is 19.4 Å². The third-order valence-corrected chi connectivity index (χ3v) is 3.99. The second kappa shape index (κ2) is 4.53. The zero-order valence-electron chi connectivity index (χ0n) is 10.1. The Morgan fingerprint density at radius 3 is 2.59 bits per heavy atom. The Hall–Kier alpha value is -1.29. The number of hydrogen-bond acceptors (Lipinski definition) is 4. The largest absolute Gasteiger partial charge is 0.467 e. The fourth-order valence-electron chi connectivity index (χ4n) is 1.77. The van der Waals surface area contributed by atoms with E-state index in [0.29, 0.717) is 0 Å². The Morgan fingerprint density at radius 2 is 2.00 bits per heavy atom. The molecule has 1 aliphatic rings. The average Bonchev–Trinajstić information content (AvgIpc) is 2.65.